The largest absolute Gasteiger partial charge is 0.494 e. The summed E-state index contributed by atoms with van der Waals surface area (Å²) >= 11 is 0. The number of hydrogen-bond donors (Lipinski definition) is 1. The smallest absolute Gasteiger partial charge is 0.163 e. The molecule has 0 amide bonds. The molecule has 0 atom stereocenters. The summed E-state index contributed by atoms with van der Waals surface area (Å²) in [7, 11) is 3.39. The molecule has 0 saturated carbocycles. The summed E-state index contributed by atoms with van der Waals surface area (Å²) in [5.41, 5.74) is 3.07. The molecule has 0 bridgehead atoms. The zero-order chi connectivity index (χ0) is 18.8. The van der Waals surface area contributed by atoms with Crippen molar-refractivity contribution in [2.24, 2.45) is 0 Å². The molecule has 134 valence electrons. The Kier molecular flexibility index (Phi) is 4.38. The molecule has 2 aromatic heterocycles. The first-order valence-electron chi connectivity index (χ1n) is 8.43. The maximum atomic E-state index is 13.7. The van der Waals surface area contributed by atoms with E-state index in [2.05, 4.69) is 20.3 Å². The molecule has 0 saturated heterocycles. The van der Waals surface area contributed by atoms with Crippen molar-refractivity contribution in [3.8, 4) is 28.3 Å². The third kappa shape index (κ3) is 3.17. The first kappa shape index (κ1) is 16.9. The number of fused-ring (bicyclic) bond motifs is 1. The van der Waals surface area contributed by atoms with E-state index in [1.165, 1.54) is 12.1 Å². The van der Waals surface area contributed by atoms with E-state index in [0.29, 0.717) is 22.9 Å². The lowest BCUT2D eigenvalue weighted by Gasteiger charge is -2.13. The average molecular weight is 360 g/mol. The maximum absolute atomic E-state index is 13.7. The first-order chi connectivity index (χ1) is 13.2. The van der Waals surface area contributed by atoms with Crippen molar-refractivity contribution in [1.29, 1.82) is 0 Å². The van der Waals surface area contributed by atoms with Gasteiger partial charge in [0.1, 0.15) is 22.9 Å². The summed E-state index contributed by atoms with van der Waals surface area (Å²) in [5, 5.41) is 3.92. The summed E-state index contributed by atoms with van der Waals surface area (Å²) in [6.45, 7) is 0. The Morgan fingerprint density at radius 3 is 2.52 bits per heavy atom. The quantitative estimate of drug-likeness (QED) is 0.579. The van der Waals surface area contributed by atoms with E-state index in [1.54, 1.807) is 32.6 Å². The van der Waals surface area contributed by atoms with Crippen molar-refractivity contribution < 1.29 is 9.13 Å². The van der Waals surface area contributed by atoms with Crippen molar-refractivity contribution in [2.45, 2.75) is 0 Å². The highest BCUT2D eigenvalue weighted by Crippen LogP contribution is 2.35. The Labute approximate surface area is 155 Å². The number of aromatic nitrogens is 3. The summed E-state index contributed by atoms with van der Waals surface area (Å²) in [4.78, 5) is 13.4. The van der Waals surface area contributed by atoms with Gasteiger partial charge in [-0.05, 0) is 47.5 Å². The van der Waals surface area contributed by atoms with Crippen molar-refractivity contribution in [2.75, 3.05) is 19.5 Å². The molecule has 4 aromatic rings. The van der Waals surface area contributed by atoms with Crippen LogP contribution in [0.2, 0.25) is 0 Å². The van der Waals surface area contributed by atoms with Crippen LogP contribution in [0.15, 0.2) is 60.9 Å². The van der Waals surface area contributed by atoms with Gasteiger partial charge in [-0.2, -0.15) is 0 Å². The molecule has 0 aliphatic rings. The van der Waals surface area contributed by atoms with Crippen molar-refractivity contribution >= 4 is 16.7 Å². The highest BCUT2D eigenvalue weighted by molar-refractivity contribution is 5.97. The van der Waals surface area contributed by atoms with Gasteiger partial charge in [-0.15, -0.1) is 0 Å². The summed E-state index contributed by atoms with van der Waals surface area (Å²) < 4.78 is 19.2. The predicted molar refractivity (Wildman–Crippen MR) is 104 cm³/mol. The number of pyridine rings is 1. The third-order valence-corrected chi connectivity index (χ3v) is 4.30. The summed E-state index contributed by atoms with van der Waals surface area (Å²) in [6, 6.07) is 14.0. The number of anilines is 1. The van der Waals surface area contributed by atoms with Crippen LogP contribution in [0.5, 0.6) is 5.75 Å². The van der Waals surface area contributed by atoms with Crippen molar-refractivity contribution in [3.05, 3.63) is 66.7 Å². The minimum Gasteiger partial charge on any atom is -0.494 e. The Bertz CT molecular complexity index is 1120. The number of rotatable bonds is 4. The Balaban J connectivity index is 1.98. The van der Waals surface area contributed by atoms with E-state index in [1.807, 2.05) is 30.3 Å². The molecular weight excluding hydrogens is 343 g/mol. The maximum Gasteiger partial charge on any atom is 0.163 e. The lowest BCUT2D eigenvalue weighted by molar-refractivity contribution is 0.419. The SMILES string of the molecule is CNc1nc(-c2cccnc2)nc2c(OC)cc(-c3cccc(F)c3)cc12. The topological polar surface area (TPSA) is 59.9 Å². The zero-order valence-corrected chi connectivity index (χ0v) is 14.9. The number of nitrogens with one attached hydrogen (secondary N) is 1. The number of nitrogens with zero attached hydrogens (tertiary/aromatic N) is 3. The minimum absolute atomic E-state index is 0.288. The van der Waals surface area contributed by atoms with Gasteiger partial charge in [-0.3, -0.25) is 4.98 Å². The van der Waals surface area contributed by atoms with Crippen molar-refractivity contribution in [3.63, 3.8) is 0 Å². The van der Waals surface area contributed by atoms with Gasteiger partial charge in [0.2, 0.25) is 0 Å². The van der Waals surface area contributed by atoms with E-state index in [0.717, 1.165) is 22.1 Å². The number of hydrogen-bond acceptors (Lipinski definition) is 5. The van der Waals surface area contributed by atoms with Crippen LogP contribution >= 0.6 is 0 Å². The second-order valence-corrected chi connectivity index (χ2v) is 5.97. The fraction of sp³-hybridized carbons (Fsp3) is 0.0952. The third-order valence-electron chi connectivity index (χ3n) is 4.30. The number of methoxy groups -OCH3 is 1. The van der Waals surface area contributed by atoms with Crippen LogP contribution in [0.3, 0.4) is 0 Å². The van der Waals surface area contributed by atoms with Gasteiger partial charge in [0.05, 0.1) is 7.11 Å². The van der Waals surface area contributed by atoms with E-state index < -0.39 is 0 Å². The highest BCUT2D eigenvalue weighted by Gasteiger charge is 2.15. The monoisotopic (exact) mass is 360 g/mol. The van der Waals surface area contributed by atoms with Crippen LogP contribution < -0.4 is 10.1 Å². The van der Waals surface area contributed by atoms with Crippen LogP contribution in [-0.4, -0.2) is 29.1 Å². The Hall–Kier alpha value is -3.54. The second kappa shape index (κ2) is 6.99. The van der Waals surface area contributed by atoms with Gasteiger partial charge in [-0.1, -0.05) is 12.1 Å². The number of halogens is 1. The van der Waals surface area contributed by atoms with Crippen LogP contribution in [0, 0.1) is 5.82 Å². The lowest BCUT2D eigenvalue weighted by Crippen LogP contribution is -2.01. The fourth-order valence-electron chi connectivity index (χ4n) is 3.01. The molecule has 2 heterocycles. The van der Waals surface area contributed by atoms with Crippen LogP contribution in [0.1, 0.15) is 0 Å². The van der Waals surface area contributed by atoms with Gasteiger partial charge < -0.3 is 10.1 Å². The molecule has 0 spiro atoms. The number of ether oxygens (including phenoxy) is 1. The van der Waals surface area contributed by atoms with Gasteiger partial charge in [0.15, 0.2) is 5.82 Å². The van der Waals surface area contributed by atoms with E-state index in [4.69, 9.17) is 4.74 Å². The fourth-order valence-corrected chi connectivity index (χ4v) is 3.01. The Morgan fingerprint density at radius 2 is 1.81 bits per heavy atom. The van der Waals surface area contributed by atoms with E-state index in [9.17, 15) is 4.39 Å². The summed E-state index contributed by atoms with van der Waals surface area (Å²) in [5.74, 6) is 1.52. The number of benzene rings is 2. The molecule has 0 aliphatic heterocycles. The van der Waals surface area contributed by atoms with Crippen LogP contribution in [0.4, 0.5) is 10.2 Å². The molecular formula is C21H17FN4O. The van der Waals surface area contributed by atoms with E-state index in [-0.39, 0.29) is 5.82 Å². The molecule has 2 aromatic carbocycles. The van der Waals surface area contributed by atoms with Crippen molar-refractivity contribution in [1.82, 2.24) is 15.0 Å². The Morgan fingerprint density at radius 1 is 0.963 bits per heavy atom. The molecule has 5 nitrogen and oxygen atoms in total. The van der Waals surface area contributed by atoms with Gasteiger partial charge in [-0.25, -0.2) is 14.4 Å². The standard InChI is InChI=1S/C21H17FN4O/c1-23-21-17-10-15(13-5-3-7-16(22)9-13)11-18(27-2)19(17)25-20(26-21)14-6-4-8-24-12-14/h3-12H,1-2H3,(H,23,25,26). The zero-order valence-electron chi connectivity index (χ0n) is 14.9. The lowest BCUT2D eigenvalue weighted by atomic mass is 10.0. The molecule has 0 fully saturated rings. The van der Waals surface area contributed by atoms with Crippen LogP contribution in [0.25, 0.3) is 33.4 Å². The molecule has 0 unspecified atom stereocenters. The van der Waals surface area contributed by atoms with E-state index >= 15 is 0 Å². The van der Waals surface area contributed by atoms with Gasteiger partial charge >= 0.3 is 0 Å². The van der Waals surface area contributed by atoms with Gasteiger partial charge in [0, 0.05) is 30.4 Å². The molecule has 0 aliphatic carbocycles. The summed E-state index contributed by atoms with van der Waals surface area (Å²) in [6.07, 6.45) is 3.42. The molecule has 27 heavy (non-hydrogen) atoms. The molecule has 6 heteroatoms. The van der Waals surface area contributed by atoms with Gasteiger partial charge in [0.25, 0.3) is 0 Å². The normalized spacial score (nSPS) is 10.8. The average Bonchev–Trinajstić information content (AvgIpc) is 2.72. The molecule has 4 rings (SSSR count). The van der Waals surface area contributed by atoms with Crippen LogP contribution in [-0.2, 0) is 0 Å². The molecule has 0 radical (unpaired) electrons. The minimum atomic E-state index is -0.288. The second-order valence-electron chi connectivity index (χ2n) is 5.97. The molecule has 1 N–H and O–H groups in total. The highest BCUT2D eigenvalue weighted by atomic mass is 19.1. The first-order valence-corrected chi connectivity index (χ1v) is 8.43. The predicted octanol–water partition coefficient (Wildman–Crippen LogP) is 4.55.